The standard InChI is InChI=1S/C17H29NO2/c1-5-10-19-16-8-6-15(7-9-16)17(18)12-20-14(4)11-13(2)3/h6-9,13-14,17H,5,10-12,18H2,1-4H3. The molecule has 0 aliphatic rings. The summed E-state index contributed by atoms with van der Waals surface area (Å²) in [5.74, 6) is 1.55. The molecule has 2 atom stereocenters. The van der Waals surface area contributed by atoms with Gasteiger partial charge in [-0.3, -0.25) is 0 Å². The summed E-state index contributed by atoms with van der Waals surface area (Å²) in [6.07, 6.45) is 2.34. The minimum absolute atomic E-state index is 0.0789. The van der Waals surface area contributed by atoms with Crippen LogP contribution in [-0.4, -0.2) is 19.3 Å². The molecule has 0 radical (unpaired) electrons. The fraction of sp³-hybridized carbons (Fsp3) is 0.647. The van der Waals surface area contributed by atoms with Gasteiger partial charge in [-0.05, 0) is 43.4 Å². The zero-order valence-corrected chi connectivity index (χ0v) is 13.3. The van der Waals surface area contributed by atoms with Crippen LogP contribution in [0.4, 0.5) is 0 Å². The largest absolute Gasteiger partial charge is 0.494 e. The molecule has 3 nitrogen and oxygen atoms in total. The van der Waals surface area contributed by atoms with E-state index >= 15 is 0 Å². The van der Waals surface area contributed by atoms with Gasteiger partial charge in [0.1, 0.15) is 5.75 Å². The van der Waals surface area contributed by atoms with Crippen LogP contribution in [0.25, 0.3) is 0 Å². The summed E-state index contributed by atoms with van der Waals surface area (Å²) < 4.78 is 11.4. The fourth-order valence-electron chi connectivity index (χ4n) is 2.13. The van der Waals surface area contributed by atoms with Gasteiger partial charge in [-0.25, -0.2) is 0 Å². The van der Waals surface area contributed by atoms with Crippen molar-refractivity contribution in [2.75, 3.05) is 13.2 Å². The minimum Gasteiger partial charge on any atom is -0.494 e. The van der Waals surface area contributed by atoms with Gasteiger partial charge in [0, 0.05) is 0 Å². The van der Waals surface area contributed by atoms with Crippen molar-refractivity contribution in [1.29, 1.82) is 0 Å². The fourth-order valence-corrected chi connectivity index (χ4v) is 2.13. The van der Waals surface area contributed by atoms with E-state index < -0.39 is 0 Å². The Morgan fingerprint density at radius 2 is 1.75 bits per heavy atom. The maximum absolute atomic E-state index is 6.16. The molecule has 3 heteroatoms. The Morgan fingerprint density at radius 1 is 1.10 bits per heavy atom. The normalized spacial score (nSPS) is 14.3. The van der Waals surface area contributed by atoms with Crippen LogP contribution >= 0.6 is 0 Å². The lowest BCUT2D eigenvalue weighted by atomic mass is 10.1. The molecule has 20 heavy (non-hydrogen) atoms. The summed E-state index contributed by atoms with van der Waals surface area (Å²) in [5.41, 5.74) is 7.25. The average molecular weight is 279 g/mol. The molecular formula is C17H29NO2. The van der Waals surface area contributed by atoms with Crippen molar-refractivity contribution in [2.24, 2.45) is 11.7 Å². The Morgan fingerprint density at radius 3 is 2.30 bits per heavy atom. The van der Waals surface area contributed by atoms with Crippen LogP contribution in [0.2, 0.25) is 0 Å². The molecule has 0 bridgehead atoms. The third-order valence-electron chi connectivity index (χ3n) is 3.14. The molecule has 0 aliphatic heterocycles. The SMILES string of the molecule is CCCOc1ccc(C(N)COC(C)CC(C)C)cc1. The summed E-state index contributed by atoms with van der Waals surface area (Å²) in [7, 11) is 0. The first-order valence-electron chi connectivity index (χ1n) is 7.62. The number of nitrogens with two attached hydrogens (primary N) is 1. The Bertz CT molecular complexity index is 362. The second-order valence-electron chi connectivity index (χ2n) is 5.80. The van der Waals surface area contributed by atoms with Crippen molar-refractivity contribution in [2.45, 2.75) is 52.7 Å². The highest BCUT2D eigenvalue weighted by molar-refractivity contribution is 5.29. The van der Waals surface area contributed by atoms with Crippen LogP contribution in [-0.2, 0) is 4.74 Å². The Kier molecular flexibility index (Phi) is 7.63. The first-order valence-corrected chi connectivity index (χ1v) is 7.62. The van der Waals surface area contributed by atoms with Crippen LogP contribution in [0.15, 0.2) is 24.3 Å². The van der Waals surface area contributed by atoms with Gasteiger partial charge in [-0.2, -0.15) is 0 Å². The number of hydrogen-bond donors (Lipinski definition) is 1. The van der Waals surface area contributed by atoms with Gasteiger partial charge in [0.15, 0.2) is 0 Å². The average Bonchev–Trinajstić information content (AvgIpc) is 2.42. The van der Waals surface area contributed by atoms with Crippen LogP contribution in [0.3, 0.4) is 0 Å². The van der Waals surface area contributed by atoms with Crippen LogP contribution in [0.5, 0.6) is 5.75 Å². The van der Waals surface area contributed by atoms with E-state index in [-0.39, 0.29) is 12.1 Å². The first kappa shape index (κ1) is 17.0. The summed E-state index contributed by atoms with van der Waals surface area (Å²) in [4.78, 5) is 0. The summed E-state index contributed by atoms with van der Waals surface area (Å²) in [5, 5.41) is 0. The molecule has 2 unspecified atom stereocenters. The molecule has 0 saturated carbocycles. The van der Waals surface area contributed by atoms with E-state index in [9.17, 15) is 0 Å². The lowest BCUT2D eigenvalue weighted by molar-refractivity contribution is 0.0430. The van der Waals surface area contributed by atoms with Crippen molar-refractivity contribution in [3.05, 3.63) is 29.8 Å². The third kappa shape index (κ3) is 6.40. The lowest BCUT2D eigenvalue weighted by Gasteiger charge is -2.19. The van der Waals surface area contributed by atoms with Gasteiger partial charge in [0.2, 0.25) is 0 Å². The van der Waals surface area contributed by atoms with E-state index in [1.807, 2.05) is 24.3 Å². The van der Waals surface area contributed by atoms with Crippen molar-refractivity contribution in [3.63, 3.8) is 0 Å². The molecule has 0 fully saturated rings. The summed E-state index contributed by atoms with van der Waals surface area (Å²) >= 11 is 0. The van der Waals surface area contributed by atoms with E-state index in [1.165, 1.54) is 0 Å². The maximum Gasteiger partial charge on any atom is 0.119 e. The molecule has 0 aliphatic carbocycles. The number of ether oxygens (including phenoxy) is 2. The van der Waals surface area contributed by atoms with Crippen LogP contribution in [0, 0.1) is 5.92 Å². The maximum atomic E-state index is 6.16. The predicted molar refractivity (Wildman–Crippen MR) is 84.0 cm³/mol. The topological polar surface area (TPSA) is 44.5 Å². The molecular weight excluding hydrogens is 250 g/mol. The molecule has 1 aromatic carbocycles. The third-order valence-corrected chi connectivity index (χ3v) is 3.14. The van der Waals surface area contributed by atoms with Gasteiger partial charge in [-0.15, -0.1) is 0 Å². The van der Waals surface area contributed by atoms with Gasteiger partial charge < -0.3 is 15.2 Å². The first-order chi connectivity index (χ1) is 9.52. The molecule has 1 rings (SSSR count). The summed E-state index contributed by atoms with van der Waals surface area (Å²) in [6.45, 7) is 9.92. The highest BCUT2D eigenvalue weighted by Crippen LogP contribution is 2.18. The molecule has 0 amide bonds. The Hall–Kier alpha value is -1.06. The zero-order chi connectivity index (χ0) is 15.0. The van der Waals surface area contributed by atoms with Crippen LogP contribution < -0.4 is 10.5 Å². The highest BCUT2D eigenvalue weighted by Gasteiger charge is 2.10. The Balaban J connectivity index is 2.41. The molecule has 0 saturated heterocycles. The zero-order valence-electron chi connectivity index (χ0n) is 13.3. The van der Waals surface area contributed by atoms with Crippen molar-refractivity contribution < 1.29 is 9.47 Å². The number of benzene rings is 1. The second kappa shape index (κ2) is 8.98. The van der Waals surface area contributed by atoms with E-state index in [0.29, 0.717) is 12.5 Å². The molecule has 0 heterocycles. The van der Waals surface area contributed by atoms with Crippen molar-refractivity contribution >= 4 is 0 Å². The molecule has 0 spiro atoms. The van der Waals surface area contributed by atoms with Gasteiger partial charge in [0.05, 0.1) is 25.4 Å². The number of hydrogen-bond acceptors (Lipinski definition) is 3. The molecule has 114 valence electrons. The number of rotatable bonds is 9. The van der Waals surface area contributed by atoms with Gasteiger partial charge in [-0.1, -0.05) is 32.9 Å². The smallest absolute Gasteiger partial charge is 0.119 e. The lowest BCUT2D eigenvalue weighted by Crippen LogP contribution is -2.21. The van der Waals surface area contributed by atoms with E-state index in [0.717, 1.165) is 30.8 Å². The Labute approximate surface area is 123 Å². The van der Waals surface area contributed by atoms with E-state index in [2.05, 4.69) is 27.7 Å². The van der Waals surface area contributed by atoms with Crippen LogP contribution in [0.1, 0.15) is 52.1 Å². The monoisotopic (exact) mass is 279 g/mol. The second-order valence-corrected chi connectivity index (χ2v) is 5.80. The molecule has 0 aromatic heterocycles. The molecule has 2 N–H and O–H groups in total. The van der Waals surface area contributed by atoms with E-state index in [4.69, 9.17) is 15.2 Å². The van der Waals surface area contributed by atoms with Crippen molar-refractivity contribution in [3.8, 4) is 5.75 Å². The van der Waals surface area contributed by atoms with E-state index in [1.54, 1.807) is 0 Å². The summed E-state index contributed by atoms with van der Waals surface area (Å²) in [6, 6.07) is 7.91. The predicted octanol–water partition coefficient (Wildman–Crippen LogP) is 3.93. The molecule has 1 aromatic rings. The highest BCUT2D eigenvalue weighted by atomic mass is 16.5. The van der Waals surface area contributed by atoms with Gasteiger partial charge in [0.25, 0.3) is 0 Å². The minimum atomic E-state index is -0.0789. The van der Waals surface area contributed by atoms with Crippen molar-refractivity contribution in [1.82, 2.24) is 0 Å². The van der Waals surface area contributed by atoms with Gasteiger partial charge >= 0.3 is 0 Å². The quantitative estimate of drug-likeness (QED) is 0.745.